The molecule has 0 aliphatic carbocycles. The molecular weight excluding hydrogens is 220 g/mol. The monoisotopic (exact) mass is 238 g/mol. The van der Waals surface area contributed by atoms with Crippen LogP contribution in [0.25, 0.3) is 0 Å². The van der Waals surface area contributed by atoms with Crippen LogP contribution in [0.1, 0.15) is 13.3 Å². The number of sulfonamides is 1. The van der Waals surface area contributed by atoms with Crippen LogP contribution in [0.3, 0.4) is 0 Å². The molecule has 0 bridgehead atoms. The summed E-state index contributed by atoms with van der Waals surface area (Å²) in [5.41, 5.74) is 0. The lowest BCUT2D eigenvalue weighted by Crippen LogP contribution is -2.38. The van der Waals surface area contributed by atoms with Crippen LogP contribution in [0.2, 0.25) is 0 Å². The van der Waals surface area contributed by atoms with Gasteiger partial charge in [-0.2, -0.15) is 0 Å². The summed E-state index contributed by atoms with van der Waals surface area (Å²) in [7, 11) is -1.93. The van der Waals surface area contributed by atoms with Gasteiger partial charge < -0.3 is 10.1 Å². The third-order valence-electron chi connectivity index (χ3n) is 1.76. The van der Waals surface area contributed by atoms with Crippen molar-refractivity contribution in [1.82, 2.24) is 9.62 Å². The van der Waals surface area contributed by atoms with Gasteiger partial charge >= 0.3 is 6.09 Å². The Morgan fingerprint density at radius 2 is 2.00 bits per heavy atom. The van der Waals surface area contributed by atoms with Crippen LogP contribution in [0.4, 0.5) is 4.79 Å². The lowest BCUT2D eigenvalue weighted by atomic mass is 10.5. The minimum atomic E-state index is -3.19. The number of carbonyl (C=O) groups excluding carboxylic acids is 1. The molecule has 0 saturated carbocycles. The Bertz CT molecular complexity index is 289. The number of hydrogen-bond acceptors (Lipinski definition) is 4. The van der Waals surface area contributed by atoms with Crippen LogP contribution in [-0.2, 0) is 14.8 Å². The number of amides is 1. The van der Waals surface area contributed by atoms with Crippen molar-refractivity contribution in [2.24, 2.45) is 0 Å². The van der Waals surface area contributed by atoms with E-state index in [0.29, 0.717) is 6.54 Å². The Kier molecular flexibility index (Phi) is 6.26. The molecule has 6 nitrogen and oxygen atoms in total. The zero-order valence-corrected chi connectivity index (χ0v) is 10.1. The average Bonchev–Trinajstić information content (AvgIpc) is 2.14. The molecule has 0 aliphatic heterocycles. The minimum Gasteiger partial charge on any atom is -0.453 e. The quantitative estimate of drug-likeness (QED) is 0.707. The van der Waals surface area contributed by atoms with Gasteiger partial charge in [-0.25, -0.2) is 17.5 Å². The van der Waals surface area contributed by atoms with E-state index in [1.165, 1.54) is 11.4 Å². The third kappa shape index (κ3) is 6.29. The van der Waals surface area contributed by atoms with Gasteiger partial charge in [-0.3, -0.25) is 0 Å². The van der Waals surface area contributed by atoms with Crippen molar-refractivity contribution in [2.75, 3.05) is 33.0 Å². The molecule has 1 amide bonds. The molecule has 0 aromatic heterocycles. The summed E-state index contributed by atoms with van der Waals surface area (Å²) in [5.74, 6) is 0. The zero-order chi connectivity index (χ0) is 11.9. The molecule has 0 saturated heterocycles. The number of alkyl carbamates (subject to hydrolysis) is 1. The Balaban J connectivity index is 4.03. The van der Waals surface area contributed by atoms with E-state index in [9.17, 15) is 13.2 Å². The number of ether oxygens (including phenoxy) is 1. The molecule has 0 aromatic carbocycles. The standard InChI is InChI=1S/C8H18N2O4S/c1-4-6-10(15(3,12)13)7-5-9-8(11)14-2/h4-7H2,1-3H3,(H,9,11). The maximum absolute atomic E-state index is 11.2. The van der Waals surface area contributed by atoms with Crippen LogP contribution < -0.4 is 5.32 Å². The van der Waals surface area contributed by atoms with E-state index in [1.807, 2.05) is 6.92 Å². The summed E-state index contributed by atoms with van der Waals surface area (Å²) in [6.45, 7) is 2.87. The molecular formula is C8H18N2O4S. The number of nitrogens with zero attached hydrogens (tertiary/aromatic N) is 1. The first-order chi connectivity index (χ1) is 6.91. The summed E-state index contributed by atoms with van der Waals surface area (Å²) in [6.07, 6.45) is 1.34. The van der Waals surface area contributed by atoms with E-state index in [-0.39, 0.29) is 13.1 Å². The highest BCUT2D eigenvalue weighted by Crippen LogP contribution is 1.98. The number of carbonyl (C=O) groups is 1. The normalized spacial score (nSPS) is 11.5. The molecule has 0 rings (SSSR count). The Labute approximate surface area is 90.6 Å². The molecule has 0 aromatic rings. The Morgan fingerprint density at radius 3 is 2.40 bits per heavy atom. The minimum absolute atomic E-state index is 0.250. The summed E-state index contributed by atoms with van der Waals surface area (Å²) in [6, 6.07) is 0. The molecule has 0 fully saturated rings. The predicted octanol–water partition coefficient (Wildman–Crippen LogP) is 0.0140. The van der Waals surface area contributed by atoms with Gasteiger partial charge in [0.25, 0.3) is 0 Å². The maximum atomic E-state index is 11.2. The van der Waals surface area contributed by atoms with E-state index >= 15 is 0 Å². The first kappa shape index (κ1) is 14.2. The van der Waals surface area contributed by atoms with E-state index < -0.39 is 16.1 Å². The van der Waals surface area contributed by atoms with Gasteiger partial charge in [-0.15, -0.1) is 0 Å². The van der Waals surface area contributed by atoms with E-state index in [2.05, 4.69) is 10.1 Å². The summed E-state index contributed by atoms with van der Waals surface area (Å²) in [5, 5.41) is 2.43. The van der Waals surface area contributed by atoms with Gasteiger partial charge in [-0.05, 0) is 6.42 Å². The van der Waals surface area contributed by atoms with Crippen molar-refractivity contribution < 1.29 is 17.9 Å². The van der Waals surface area contributed by atoms with Gasteiger partial charge in [0.2, 0.25) is 10.0 Å². The van der Waals surface area contributed by atoms with E-state index in [1.54, 1.807) is 0 Å². The Hall–Kier alpha value is -0.820. The second-order valence-electron chi connectivity index (χ2n) is 3.08. The number of rotatable bonds is 6. The zero-order valence-electron chi connectivity index (χ0n) is 9.32. The van der Waals surface area contributed by atoms with Crippen LogP contribution >= 0.6 is 0 Å². The molecule has 1 N–H and O–H groups in total. The highest BCUT2D eigenvalue weighted by Gasteiger charge is 2.14. The van der Waals surface area contributed by atoms with Gasteiger partial charge in [0, 0.05) is 19.6 Å². The lowest BCUT2D eigenvalue weighted by Gasteiger charge is -2.18. The van der Waals surface area contributed by atoms with E-state index in [4.69, 9.17) is 0 Å². The molecule has 0 spiro atoms. The second kappa shape index (κ2) is 6.62. The van der Waals surface area contributed by atoms with Gasteiger partial charge in [-0.1, -0.05) is 6.92 Å². The van der Waals surface area contributed by atoms with Crippen molar-refractivity contribution in [1.29, 1.82) is 0 Å². The summed E-state index contributed by atoms with van der Waals surface area (Å²) in [4.78, 5) is 10.7. The fourth-order valence-corrected chi connectivity index (χ4v) is 1.98. The molecule has 90 valence electrons. The largest absolute Gasteiger partial charge is 0.453 e. The van der Waals surface area contributed by atoms with Gasteiger partial charge in [0.1, 0.15) is 0 Å². The van der Waals surface area contributed by atoms with Crippen molar-refractivity contribution >= 4 is 16.1 Å². The average molecular weight is 238 g/mol. The summed E-state index contributed by atoms with van der Waals surface area (Å²) >= 11 is 0. The SMILES string of the molecule is CCCN(CCNC(=O)OC)S(C)(=O)=O. The molecule has 0 aliphatic rings. The van der Waals surface area contributed by atoms with Crippen LogP contribution in [0.5, 0.6) is 0 Å². The first-order valence-electron chi connectivity index (χ1n) is 4.68. The summed E-state index contributed by atoms with van der Waals surface area (Å²) < 4.78 is 28.2. The lowest BCUT2D eigenvalue weighted by molar-refractivity contribution is 0.170. The fourth-order valence-electron chi connectivity index (χ4n) is 1.05. The van der Waals surface area contributed by atoms with Crippen LogP contribution in [-0.4, -0.2) is 51.8 Å². The maximum Gasteiger partial charge on any atom is 0.406 e. The molecule has 0 atom stereocenters. The van der Waals surface area contributed by atoms with Crippen molar-refractivity contribution in [2.45, 2.75) is 13.3 Å². The number of methoxy groups -OCH3 is 1. The van der Waals surface area contributed by atoms with Crippen molar-refractivity contribution in [3.8, 4) is 0 Å². The topological polar surface area (TPSA) is 75.7 Å². The van der Waals surface area contributed by atoms with E-state index in [0.717, 1.165) is 12.7 Å². The molecule has 0 heterocycles. The molecule has 0 radical (unpaired) electrons. The van der Waals surface area contributed by atoms with Crippen LogP contribution in [0.15, 0.2) is 0 Å². The highest BCUT2D eigenvalue weighted by molar-refractivity contribution is 7.88. The van der Waals surface area contributed by atoms with Crippen molar-refractivity contribution in [3.63, 3.8) is 0 Å². The first-order valence-corrected chi connectivity index (χ1v) is 6.53. The van der Waals surface area contributed by atoms with Crippen LogP contribution in [0, 0.1) is 0 Å². The molecule has 7 heteroatoms. The molecule has 0 unspecified atom stereocenters. The molecule has 15 heavy (non-hydrogen) atoms. The third-order valence-corrected chi connectivity index (χ3v) is 3.06. The van der Waals surface area contributed by atoms with Crippen molar-refractivity contribution in [3.05, 3.63) is 0 Å². The van der Waals surface area contributed by atoms with Gasteiger partial charge in [0.15, 0.2) is 0 Å². The number of hydrogen-bond donors (Lipinski definition) is 1. The second-order valence-corrected chi connectivity index (χ2v) is 5.06. The Morgan fingerprint density at radius 1 is 1.40 bits per heavy atom. The highest BCUT2D eigenvalue weighted by atomic mass is 32.2. The fraction of sp³-hybridized carbons (Fsp3) is 0.875. The van der Waals surface area contributed by atoms with Gasteiger partial charge in [0.05, 0.1) is 13.4 Å². The number of nitrogens with one attached hydrogen (secondary N) is 1. The predicted molar refractivity (Wildman–Crippen MR) is 57.1 cm³/mol. The smallest absolute Gasteiger partial charge is 0.406 e.